The number of nitrogens with one attached hydrogen (secondary N) is 1. The molecule has 0 heterocycles. The highest BCUT2D eigenvalue weighted by molar-refractivity contribution is 6.31. The van der Waals surface area contributed by atoms with Gasteiger partial charge in [0.05, 0.1) is 0 Å². The van der Waals surface area contributed by atoms with E-state index in [1.54, 1.807) is 6.07 Å². The van der Waals surface area contributed by atoms with E-state index in [-0.39, 0.29) is 11.8 Å². The van der Waals surface area contributed by atoms with Gasteiger partial charge in [0.2, 0.25) is 5.91 Å². The summed E-state index contributed by atoms with van der Waals surface area (Å²) < 4.78 is 0. The molecule has 1 N–H and O–H groups in total. The molecule has 2 nitrogen and oxygen atoms in total. The van der Waals surface area contributed by atoms with Crippen LogP contribution in [0.15, 0.2) is 48.5 Å². The molecule has 0 aliphatic heterocycles. The normalized spacial score (nSPS) is 20.5. The quantitative estimate of drug-likeness (QED) is 0.890. The molecular weight excluding hydrogens is 270 g/mol. The van der Waals surface area contributed by atoms with Gasteiger partial charge in [0.25, 0.3) is 0 Å². The van der Waals surface area contributed by atoms with Crippen LogP contribution in [0.25, 0.3) is 0 Å². The third-order valence-corrected chi connectivity index (χ3v) is 4.20. The summed E-state index contributed by atoms with van der Waals surface area (Å²) in [6, 6.07) is 15.8. The number of benzene rings is 2. The van der Waals surface area contributed by atoms with E-state index in [0.717, 1.165) is 17.7 Å². The molecule has 0 aromatic heterocycles. The van der Waals surface area contributed by atoms with Gasteiger partial charge in [-0.3, -0.25) is 4.79 Å². The molecule has 0 saturated heterocycles. The van der Waals surface area contributed by atoms with Gasteiger partial charge in [0.1, 0.15) is 0 Å². The van der Waals surface area contributed by atoms with E-state index in [4.69, 9.17) is 11.6 Å². The molecule has 1 saturated carbocycles. The van der Waals surface area contributed by atoms with Crippen LogP contribution in [0.3, 0.4) is 0 Å². The zero-order valence-electron chi connectivity index (χ0n) is 11.3. The first kappa shape index (κ1) is 13.2. The Morgan fingerprint density at radius 1 is 1.20 bits per heavy atom. The van der Waals surface area contributed by atoms with E-state index in [2.05, 4.69) is 17.4 Å². The van der Waals surface area contributed by atoms with Crippen LogP contribution in [-0.4, -0.2) is 5.91 Å². The van der Waals surface area contributed by atoms with E-state index in [1.165, 1.54) is 5.56 Å². The lowest BCUT2D eigenvalue weighted by molar-refractivity contribution is -0.117. The molecule has 3 rings (SSSR count). The Hall–Kier alpha value is -1.80. The number of hydrogen-bond acceptors (Lipinski definition) is 1. The van der Waals surface area contributed by atoms with Crippen LogP contribution >= 0.6 is 11.6 Å². The lowest BCUT2D eigenvalue weighted by Crippen LogP contribution is -2.14. The summed E-state index contributed by atoms with van der Waals surface area (Å²) in [5, 5.41) is 3.63. The van der Waals surface area contributed by atoms with E-state index < -0.39 is 0 Å². The predicted octanol–water partition coefficient (Wildman–Crippen LogP) is 4.39. The van der Waals surface area contributed by atoms with E-state index in [9.17, 15) is 4.79 Å². The Morgan fingerprint density at radius 3 is 2.65 bits per heavy atom. The van der Waals surface area contributed by atoms with Crippen LogP contribution in [0.5, 0.6) is 0 Å². The largest absolute Gasteiger partial charge is 0.326 e. The van der Waals surface area contributed by atoms with Crippen molar-refractivity contribution < 1.29 is 4.79 Å². The minimum absolute atomic E-state index is 0.0810. The first-order valence-corrected chi connectivity index (χ1v) is 7.15. The third kappa shape index (κ3) is 2.70. The molecule has 0 unspecified atom stereocenters. The molecule has 1 fully saturated rings. The molecule has 0 radical (unpaired) electrons. The molecule has 3 heteroatoms. The number of halogens is 1. The Balaban J connectivity index is 1.65. The van der Waals surface area contributed by atoms with Crippen LogP contribution in [0.1, 0.15) is 23.5 Å². The van der Waals surface area contributed by atoms with E-state index >= 15 is 0 Å². The number of carbonyl (C=O) groups excluding carboxylic acids is 1. The molecule has 2 aromatic carbocycles. The summed E-state index contributed by atoms with van der Waals surface area (Å²) in [5.41, 5.74) is 3.03. The molecule has 20 heavy (non-hydrogen) atoms. The fraction of sp³-hybridized carbons (Fsp3) is 0.235. The summed E-state index contributed by atoms with van der Waals surface area (Å²) in [6.07, 6.45) is 0.926. The van der Waals surface area contributed by atoms with Crippen molar-refractivity contribution in [2.45, 2.75) is 19.3 Å². The summed E-state index contributed by atoms with van der Waals surface area (Å²) in [7, 11) is 0. The van der Waals surface area contributed by atoms with Gasteiger partial charge in [-0.15, -0.1) is 0 Å². The van der Waals surface area contributed by atoms with Gasteiger partial charge in [-0.2, -0.15) is 0 Å². The zero-order chi connectivity index (χ0) is 14.1. The van der Waals surface area contributed by atoms with Crippen molar-refractivity contribution in [3.05, 3.63) is 64.7 Å². The van der Waals surface area contributed by atoms with Crippen LogP contribution in [0, 0.1) is 12.8 Å². The first-order valence-electron chi connectivity index (χ1n) is 6.77. The molecule has 102 valence electrons. The highest BCUT2D eigenvalue weighted by Gasteiger charge is 2.43. The minimum Gasteiger partial charge on any atom is -0.326 e. The predicted molar refractivity (Wildman–Crippen MR) is 82.1 cm³/mol. The van der Waals surface area contributed by atoms with Crippen molar-refractivity contribution in [2.24, 2.45) is 5.92 Å². The number of anilines is 1. The van der Waals surface area contributed by atoms with E-state index in [1.807, 2.05) is 37.3 Å². The van der Waals surface area contributed by atoms with Crippen molar-refractivity contribution in [2.75, 3.05) is 5.32 Å². The number of carbonyl (C=O) groups is 1. The fourth-order valence-electron chi connectivity index (χ4n) is 2.46. The van der Waals surface area contributed by atoms with Gasteiger partial charge >= 0.3 is 0 Å². The topological polar surface area (TPSA) is 29.1 Å². The number of aryl methyl sites for hydroxylation is 1. The monoisotopic (exact) mass is 285 g/mol. The number of amides is 1. The standard InChI is InChI=1S/C17H16ClNO/c1-11-7-8-13(9-16(11)18)19-17(20)15-10-14(15)12-5-3-2-4-6-12/h2-9,14-15H,10H2,1H3,(H,19,20)/t14-,15+/m1/s1. The maximum Gasteiger partial charge on any atom is 0.228 e. The maximum atomic E-state index is 12.2. The molecule has 1 aliphatic rings. The second kappa shape index (κ2) is 5.29. The average Bonchev–Trinajstić information content (AvgIpc) is 3.24. The van der Waals surface area contributed by atoms with Crippen LogP contribution in [-0.2, 0) is 4.79 Å². The first-order chi connectivity index (χ1) is 9.65. The molecular formula is C17H16ClNO. The molecule has 2 aromatic rings. The summed E-state index contributed by atoms with van der Waals surface area (Å²) in [4.78, 5) is 12.2. The van der Waals surface area contributed by atoms with Crippen LogP contribution in [0.2, 0.25) is 5.02 Å². The maximum absolute atomic E-state index is 12.2. The second-order valence-corrected chi connectivity index (χ2v) is 5.72. The SMILES string of the molecule is Cc1ccc(NC(=O)[C@H]2C[C@@H]2c2ccccc2)cc1Cl. The van der Waals surface area contributed by atoms with Crippen LogP contribution < -0.4 is 5.32 Å². The fourth-order valence-corrected chi connectivity index (χ4v) is 2.64. The molecule has 1 aliphatic carbocycles. The van der Waals surface area contributed by atoms with Crippen LogP contribution in [0.4, 0.5) is 5.69 Å². The van der Waals surface area contributed by atoms with Crippen molar-refractivity contribution in [1.29, 1.82) is 0 Å². The molecule has 1 amide bonds. The minimum atomic E-state index is 0.0810. The van der Waals surface area contributed by atoms with Gasteiger partial charge in [-0.25, -0.2) is 0 Å². The van der Waals surface area contributed by atoms with Gasteiger partial charge in [-0.05, 0) is 42.5 Å². The number of hydrogen-bond donors (Lipinski definition) is 1. The van der Waals surface area contributed by atoms with Gasteiger partial charge in [0.15, 0.2) is 0 Å². The van der Waals surface area contributed by atoms with E-state index in [0.29, 0.717) is 10.9 Å². The van der Waals surface area contributed by atoms with Gasteiger partial charge in [-0.1, -0.05) is 48.0 Å². The lowest BCUT2D eigenvalue weighted by Gasteiger charge is -2.07. The van der Waals surface area contributed by atoms with Crippen molar-refractivity contribution in [3.63, 3.8) is 0 Å². The molecule has 2 atom stereocenters. The highest BCUT2D eigenvalue weighted by Crippen LogP contribution is 2.47. The Labute approximate surface area is 123 Å². The highest BCUT2D eigenvalue weighted by atomic mass is 35.5. The summed E-state index contributed by atoms with van der Waals surface area (Å²) in [6.45, 7) is 1.94. The average molecular weight is 286 g/mol. The summed E-state index contributed by atoms with van der Waals surface area (Å²) in [5.74, 6) is 0.522. The van der Waals surface area contributed by atoms with Crippen molar-refractivity contribution in [1.82, 2.24) is 0 Å². The Kier molecular flexibility index (Phi) is 3.49. The summed E-state index contributed by atoms with van der Waals surface area (Å²) >= 11 is 6.07. The molecule has 0 spiro atoms. The van der Waals surface area contributed by atoms with Gasteiger partial charge in [0, 0.05) is 16.6 Å². The van der Waals surface area contributed by atoms with Gasteiger partial charge < -0.3 is 5.32 Å². The Bertz CT molecular complexity index is 639. The zero-order valence-corrected chi connectivity index (χ0v) is 12.0. The third-order valence-electron chi connectivity index (χ3n) is 3.79. The Morgan fingerprint density at radius 2 is 1.95 bits per heavy atom. The second-order valence-electron chi connectivity index (χ2n) is 5.31. The van der Waals surface area contributed by atoms with Crippen molar-refractivity contribution in [3.8, 4) is 0 Å². The smallest absolute Gasteiger partial charge is 0.228 e. The van der Waals surface area contributed by atoms with Crippen molar-refractivity contribution >= 4 is 23.2 Å². The lowest BCUT2D eigenvalue weighted by atomic mass is 10.1. The molecule has 0 bridgehead atoms. The number of rotatable bonds is 3.